The van der Waals surface area contributed by atoms with Gasteiger partial charge in [-0.25, -0.2) is 0 Å². The molecule has 2 fully saturated rings. The Morgan fingerprint density at radius 1 is 1.48 bits per heavy atom. The van der Waals surface area contributed by atoms with E-state index in [1.807, 2.05) is 36.1 Å². The molecule has 1 aromatic carbocycles. The molecule has 3 heterocycles. The molecule has 1 amide bonds. The van der Waals surface area contributed by atoms with Gasteiger partial charge < -0.3 is 18.8 Å². The lowest BCUT2D eigenvalue weighted by Crippen LogP contribution is -2.37. The third-order valence-electron chi connectivity index (χ3n) is 5.14. The molecule has 2 aliphatic heterocycles. The van der Waals surface area contributed by atoms with Gasteiger partial charge in [-0.3, -0.25) is 4.79 Å². The number of nitrogens with zero attached hydrogens (tertiary/aromatic N) is 1. The van der Waals surface area contributed by atoms with E-state index in [1.54, 1.807) is 7.11 Å². The zero-order valence-electron chi connectivity index (χ0n) is 13.5. The molecule has 23 heavy (non-hydrogen) atoms. The van der Waals surface area contributed by atoms with Crippen LogP contribution in [0.4, 0.5) is 0 Å². The van der Waals surface area contributed by atoms with Crippen LogP contribution >= 0.6 is 0 Å². The maximum Gasteiger partial charge on any atom is 0.257 e. The van der Waals surface area contributed by atoms with Crippen LogP contribution in [0.3, 0.4) is 0 Å². The van der Waals surface area contributed by atoms with Crippen molar-refractivity contribution in [3.63, 3.8) is 0 Å². The van der Waals surface area contributed by atoms with Crippen LogP contribution in [-0.2, 0) is 9.47 Å². The van der Waals surface area contributed by atoms with E-state index in [0.717, 1.165) is 17.7 Å². The lowest BCUT2D eigenvalue weighted by atomic mass is 9.82. The molecular weight excluding hydrogens is 294 g/mol. The summed E-state index contributed by atoms with van der Waals surface area (Å²) < 4.78 is 16.8. The zero-order chi connectivity index (χ0) is 16.0. The Morgan fingerprint density at radius 2 is 2.35 bits per heavy atom. The number of benzene rings is 1. The molecule has 2 aliphatic rings. The van der Waals surface area contributed by atoms with Crippen molar-refractivity contribution in [2.45, 2.75) is 6.92 Å². The average Bonchev–Trinajstić information content (AvgIpc) is 3.16. The standard InChI is InChI=1S/C18H21NO4/c1-12-6-13-4-3-5-15(16(13)23-12)17(20)19-7-14-8-22-11-18(14,9-19)10-21-2/h3-6,14H,7-11H2,1-2H3/t14-,18-/m0/s1. The van der Waals surface area contributed by atoms with Crippen molar-refractivity contribution < 1.29 is 18.7 Å². The Bertz CT molecular complexity index is 753. The highest BCUT2D eigenvalue weighted by atomic mass is 16.5. The summed E-state index contributed by atoms with van der Waals surface area (Å²) in [4.78, 5) is 15.0. The summed E-state index contributed by atoms with van der Waals surface area (Å²) in [6.07, 6.45) is 0. The number of ether oxygens (including phenoxy) is 2. The highest BCUT2D eigenvalue weighted by Gasteiger charge is 2.52. The number of amides is 1. The maximum atomic E-state index is 13.0. The highest BCUT2D eigenvalue weighted by molar-refractivity contribution is 6.05. The molecule has 1 aromatic heterocycles. The van der Waals surface area contributed by atoms with Gasteiger partial charge in [0.15, 0.2) is 0 Å². The number of aryl methyl sites for hydroxylation is 1. The van der Waals surface area contributed by atoms with Gasteiger partial charge >= 0.3 is 0 Å². The van der Waals surface area contributed by atoms with Gasteiger partial charge in [0.1, 0.15) is 11.3 Å². The molecule has 0 N–H and O–H groups in total. The van der Waals surface area contributed by atoms with Crippen LogP contribution in [0.25, 0.3) is 11.0 Å². The Morgan fingerprint density at radius 3 is 3.17 bits per heavy atom. The van der Waals surface area contributed by atoms with E-state index in [4.69, 9.17) is 13.9 Å². The van der Waals surface area contributed by atoms with E-state index in [2.05, 4.69) is 0 Å². The maximum absolute atomic E-state index is 13.0. The molecule has 5 heteroatoms. The van der Waals surface area contributed by atoms with Gasteiger partial charge in [0.2, 0.25) is 0 Å². The molecule has 2 aromatic rings. The first-order valence-corrected chi connectivity index (χ1v) is 7.98. The number of methoxy groups -OCH3 is 1. The van der Waals surface area contributed by atoms with Crippen LogP contribution in [0, 0.1) is 18.3 Å². The second kappa shape index (κ2) is 5.35. The first-order valence-electron chi connectivity index (χ1n) is 7.98. The third-order valence-corrected chi connectivity index (χ3v) is 5.14. The number of furan rings is 1. The molecule has 122 valence electrons. The molecule has 2 saturated heterocycles. The van der Waals surface area contributed by atoms with E-state index in [1.165, 1.54) is 0 Å². The molecule has 5 nitrogen and oxygen atoms in total. The summed E-state index contributed by atoms with van der Waals surface area (Å²) in [6, 6.07) is 7.70. The monoisotopic (exact) mass is 315 g/mol. The van der Waals surface area contributed by atoms with Crippen LogP contribution < -0.4 is 0 Å². The van der Waals surface area contributed by atoms with Crippen molar-refractivity contribution in [2.24, 2.45) is 11.3 Å². The molecule has 0 unspecified atom stereocenters. The lowest BCUT2D eigenvalue weighted by molar-refractivity contribution is 0.0489. The molecule has 0 spiro atoms. The minimum absolute atomic E-state index is 0.0369. The molecular formula is C18H21NO4. The van der Waals surface area contributed by atoms with Gasteiger partial charge in [0, 0.05) is 36.9 Å². The fourth-order valence-corrected chi connectivity index (χ4v) is 4.01. The van der Waals surface area contributed by atoms with E-state index in [-0.39, 0.29) is 11.3 Å². The van der Waals surface area contributed by atoms with E-state index in [9.17, 15) is 4.79 Å². The predicted molar refractivity (Wildman–Crippen MR) is 85.5 cm³/mol. The molecule has 0 saturated carbocycles. The van der Waals surface area contributed by atoms with Crippen LogP contribution in [0.2, 0.25) is 0 Å². The Kier molecular flexibility index (Phi) is 3.43. The SMILES string of the molecule is COC[C@@]12COC[C@@H]1CN(C(=O)c1cccc3cc(C)oc13)C2. The van der Waals surface area contributed by atoms with Crippen molar-refractivity contribution in [2.75, 3.05) is 40.0 Å². The molecule has 2 atom stereocenters. The fraction of sp³-hybridized carbons (Fsp3) is 0.500. The summed E-state index contributed by atoms with van der Waals surface area (Å²) in [5.41, 5.74) is 1.27. The quantitative estimate of drug-likeness (QED) is 0.873. The number of fused-ring (bicyclic) bond motifs is 2. The molecule has 0 bridgehead atoms. The van der Waals surface area contributed by atoms with Gasteiger partial charge in [-0.2, -0.15) is 0 Å². The lowest BCUT2D eigenvalue weighted by Gasteiger charge is -2.26. The van der Waals surface area contributed by atoms with Gasteiger partial charge in [0.05, 0.1) is 25.4 Å². The molecule has 0 radical (unpaired) electrons. The second-order valence-corrected chi connectivity index (χ2v) is 6.77. The summed E-state index contributed by atoms with van der Waals surface area (Å²) >= 11 is 0. The van der Waals surface area contributed by atoms with Crippen molar-refractivity contribution >= 4 is 16.9 Å². The van der Waals surface area contributed by atoms with Crippen LogP contribution in [-0.4, -0.2) is 50.8 Å². The van der Waals surface area contributed by atoms with Crippen LogP contribution in [0.1, 0.15) is 16.1 Å². The number of hydrogen-bond acceptors (Lipinski definition) is 4. The number of para-hydroxylation sites is 1. The summed E-state index contributed by atoms with van der Waals surface area (Å²) in [7, 11) is 1.71. The van der Waals surface area contributed by atoms with Gasteiger partial charge in [-0.05, 0) is 19.1 Å². The van der Waals surface area contributed by atoms with Crippen LogP contribution in [0.5, 0.6) is 0 Å². The van der Waals surface area contributed by atoms with Crippen molar-refractivity contribution in [3.05, 3.63) is 35.6 Å². The first-order chi connectivity index (χ1) is 11.1. The van der Waals surface area contributed by atoms with E-state index < -0.39 is 0 Å². The van der Waals surface area contributed by atoms with Gasteiger partial charge in [0.25, 0.3) is 5.91 Å². The number of likely N-dealkylation sites (tertiary alicyclic amines) is 1. The van der Waals surface area contributed by atoms with Crippen molar-refractivity contribution in [1.29, 1.82) is 0 Å². The smallest absolute Gasteiger partial charge is 0.257 e. The molecule has 4 rings (SSSR count). The predicted octanol–water partition coefficient (Wildman–Crippen LogP) is 2.48. The topological polar surface area (TPSA) is 51.9 Å². The minimum Gasteiger partial charge on any atom is -0.461 e. The summed E-state index contributed by atoms with van der Waals surface area (Å²) in [5, 5.41) is 0.975. The van der Waals surface area contributed by atoms with Crippen molar-refractivity contribution in [3.8, 4) is 0 Å². The molecule has 0 aliphatic carbocycles. The Labute approximate surface area is 135 Å². The fourth-order valence-electron chi connectivity index (χ4n) is 4.01. The Hall–Kier alpha value is -1.85. The number of carbonyl (C=O) groups excluding carboxylic acids is 1. The Balaban J connectivity index is 1.65. The van der Waals surface area contributed by atoms with Crippen LogP contribution in [0.15, 0.2) is 28.7 Å². The normalized spacial score (nSPS) is 26.9. The van der Waals surface area contributed by atoms with Gasteiger partial charge in [-0.1, -0.05) is 12.1 Å². The largest absolute Gasteiger partial charge is 0.461 e. The third kappa shape index (κ3) is 2.26. The van der Waals surface area contributed by atoms with Crippen molar-refractivity contribution in [1.82, 2.24) is 4.90 Å². The van der Waals surface area contributed by atoms with E-state index in [0.29, 0.717) is 43.4 Å². The first kappa shape index (κ1) is 14.7. The zero-order valence-corrected chi connectivity index (χ0v) is 13.5. The summed E-state index contributed by atoms with van der Waals surface area (Å²) in [6.45, 7) is 5.31. The van der Waals surface area contributed by atoms with Gasteiger partial charge in [-0.15, -0.1) is 0 Å². The summed E-state index contributed by atoms with van der Waals surface area (Å²) in [5.74, 6) is 1.21. The number of hydrogen-bond donors (Lipinski definition) is 0. The number of carbonyl (C=O) groups is 1. The average molecular weight is 315 g/mol. The minimum atomic E-state index is -0.0581. The number of rotatable bonds is 3. The van der Waals surface area contributed by atoms with E-state index >= 15 is 0 Å². The highest BCUT2D eigenvalue weighted by Crippen LogP contribution is 2.42. The second-order valence-electron chi connectivity index (χ2n) is 6.77.